The molecule has 0 saturated carbocycles. The van der Waals surface area contributed by atoms with Crippen LogP contribution in [0.1, 0.15) is 19.0 Å². The summed E-state index contributed by atoms with van der Waals surface area (Å²) in [6, 6.07) is 7.16. The average molecular weight is 318 g/mol. The maximum atomic E-state index is 13.3. The molecule has 1 aromatic carbocycles. The van der Waals surface area contributed by atoms with Gasteiger partial charge in [-0.2, -0.15) is 0 Å². The average Bonchev–Trinajstić information content (AvgIpc) is 2.48. The predicted molar refractivity (Wildman–Crippen MR) is 86.2 cm³/mol. The third kappa shape index (κ3) is 4.64. The third-order valence-corrected chi connectivity index (χ3v) is 3.09. The van der Waals surface area contributed by atoms with E-state index in [0.29, 0.717) is 17.9 Å². The number of aromatic nitrogens is 2. The van der Waals surface area contributed by atoms with Crippen LogP contribution < -0.4 is 16.2 Å². The van der Waals surface area contributed by atoms with E-state index in [9.17, 15) is 14.0 Å². The highest BCUT2D eigenvalue weighted by atomic mass is 19.1. The Labute approximate surface area is 133 Å². The number of nitrogens with zero attached hydrogens (tertiary/aromatic N) is 2. The molecule has 0 atom stereocenters. The molecular formula is C16H19FN4O2. The minimum absolute atomic E-state index is 0.149. The summed E-state index contributed by atoms with van der Waals surface area (Å²) < 4.78 is 14.5. The molecule has 0 aliphatic carbocycles. The first kappa shape index (κ1) is 16.7. The molecule has 1 heterocycles. The fourth-order valence-corrected chi connectivity index (χ4v) is 2.03. The van der Waals surface area contributed by atoms with Crippen LogP contribution in [0.5, 0.6) is 0 Å². The summed E-state index contributed by atoms with van der Waals surface area (Å²) in [6.07, 6.45) is 0.807. The van der Waals surface area contributed by atoms with Crippen LogP contribution >= 0.6 is 0 Å². The molecule has 0 fully saturated rings. The van der Waals surface area contributed by atoms with Crippen LogP contribution in [0, 0.1) is 12.7 Å². The van der Waals surface area contributed by atoms with Crippen LogP contribution in [0.15, 0.2) is 35.1 Å². The molecule has 2 rings (SSSR count). The van der Waals surface area contributed by atoms with Gasteiger partial charge >= 0.3 is 0 Å². The zero-order valence-corrected chi connectivity index (χ0v) is 13.1. The summed E-state index contributed by atoms with van der Waals surface area (Å²) in [7, 11) is 0. The second kappa shape index (κ2) is 7.53. The lowest BCUT2D eigenvalue weighted by Gasteiger charge is -2.14. The predicted octanol–water partition coefficient (Wildman–Crippen LogP) is 1.96. The first-order valence-electron chi connectivity index (χ1n) is 7.37. The van der Waals surface area contributed by atoms with E-state index >= 15 is 0 Å². The third-order valence-electron chi connectivity index (χ3n) is 3.09. The lowest BCUT2D eigenvalue weighted by molar-refractivity contribution is -0.121. The molecule has 2 aromatic rings. The van der Waals surface area contributed by atoms with E-state index < -0.39 is 5.82 Å². The van der Waals surface area contributed by atoms with Gasteiger partial charge in [-0.1, -0.05) is 13.0 Å². The molecule has 0 bridgehead atoms. The summed E-state index contributed by atoms with van der Waals surface area (Å²) in [5.74, 6) is -0.480. The fourth-order valence-electron chi connectivity index (χ4n) is 2.03. The van der Waals surface area contributed by atoms with Gasteiger partial charge in [0.05, 0.1) is 0 Å². The summed E-state index contributed by atoms with van der Waals surface area (Å²) >= 11 is 0. The number of hydrogen-bond donors (Lipinski definition) is 2. The van der Waals surface area contributed by atoms with Gasteiger partial charge in [0.15, 0.2) is 0 Å². The molecule has 122 valence electrons. The molecule has 6 nitrogen and oxygen atoms in total. The standard InChI is InChI=1S/C16H19FN4O2/c1-3-7-18-14(22)10-21-15(23)8-11(2)19-16(21)20-13-6-4-5-12(17)9-13/h4-6,8-9H,3,7,10H2,1-2H3,(H,18,22)(H,19,20). The molecule has 0 aliphatic heterocycles. The van der Waals surface area contributed by atoms with Gasteiger partial charge < -0.3 is 10.6 Å². The minimum Gasteiger partial charge on any atom is -0.355 e. The van der Waals surface area contributed by atoms with E-state index in [4.69, 9.17) is 0 Å². The minimum atomic E-state index is -0.405. The molecular weight excluding hydrogens is 299 g/mol. The molecule has 1 amide bonds. The highest BCUT2D eigenvalue weighted by Gasteiger charge is 2.11. The van der Waals surface area contributed by atoms with E-state index in [2.05, 4.69) is 15.6 Å². The van der Waals surface area contributed by atoms with Gasteiger partial charge in [-0.15, -0.1) is 0 Å². The van der Waals surface area contributed by atoms with Crippen molar-refractivity contribution in [2.45, 2.75) is 26.8 Å². The maximum Gasteiger partial charge on any atom is 0.255 e. The number of halogens is 1. The van der Waals surface area contributed by atoms with Crippen LogP contribution in [0.3, 0.4) is 0 Å². The molecule has 0 saturated heterocycles. The van der Waals surface area contributed by atoms with Crippen LogP contribution in [0.25, 0.3) is 0 Å². The number of carbonyl (C=O) groups is 1. The summed E-state index contributed by atoms with van der Waals surface area (Å²) in [5.41, 5.74) is 0.618. The van der Waals surface area contributed by atoms with E-state index in [0.717, 1.165) is 6.42 Å². The van der Waals surface area contributed by atoms with Gasteiger partial charge in [-0.25, -0.2) is 9.37 Å². The van der Waals surface area contributed by atoms with Crippen molar-refractivity contribution in [1.82, 2.24) is 14.9 Å². The zero-order chi connectivity index (χ0) is 16.8. The molecule has 1 aromatic heterocycles. The first-order chi connectivity index (χ1) is 11.0. The van der Waals surface area contributed by atoms with Crippen molar-refractivity contribution < 1.29 is 9.18 Å². The van der Waals surface area contributed by atoms with E-state index in [-0.39, 0.29) is 24.0 Å². The number of anilines is 2. The van der Waals surface area contributed by atoms with Gasteiger partial charge in [0.25, 0.3) is 5.56 Å². The monoisotopic (exact) mass is 318 g/mol. The van der Waals surface area contributed by atoms with Crippen LogP contribution in [0.2, 0.25) is 0 Å². The Bertz CT molecular complexity index is 758. The van der Waals surface area contributed by atoms with Gasteiger partial charge in [0.2, 0.25) is 11.9 Å². The SMILES string of the molecule is CCCNC(=O)Cn1c(Nc2cccc(F)c2)nc(C)cc1=O. The lowest BCUT2D eigenvalue weighted by Crippen LogP contribution is -2.34. The molecule has 0 unspecified atom stereocenters. The number of benzene rings is 1. The molecule has 0 spiro atoms. The van der Waals surface area contributed by atoms with Gasteiger partial charge in [0.1, 0.15) is 12.4 Å². The molecule has 23 heavy (non-hydrogen) atoms. The summed E-state index contributed by atoms with van der Waals surface area (Å²) in [4.78, 5) is 28.3. The second-order valence-corrected chi connectivity index (χ2v) is 5.13. The quantitative estimate of drug-likeness (QED) is 0.854. The van der Waals surface area contributed by atoms with Crippen molar-refractivity contribution in [3.63, 3.8) is 0 Å². The van der Waals surface area contributed by atoms with E-state index in [1.165, 1.54) is 22.8 Å². The number of nitrogens with one attached hydrogen (secondary N) is 2. The Morgan fingerprint density at radius 1 is 1.35 bits per heavy atom. The Balaban J connectivity index is 2.30. The van der Waals surface area contributed by atoms with Gasteiger partial charge in [0, 0.05) is 24.0 Å². The highest BCUT2D eigenvalue weighted by Crippen LogP contribution is 2.15. The van der Waals surface area contributed by atoms with Gasteiger partial charge in [-0.3, -0.25) is 14.2 Å². The van der Waals surface area contributed by atoms with E-state index in [1.54, 1.807) is 19.1 Å². The molecule has 0 aliphatic rings. The molecule has 2 N–H and O–H groups in total. The van der Waals surface area contributed by atoms with Crippen LogP contribution in [-0.4, -0.2) is 22.0 Å². The summed E-state index contributed by atoms with van der Waals surface area (Å²) in [5, 5.41) is 5.60. The van der Waals surface area contributed by atoms with Crippen LogP contribution in [0.4, 0.5) is 16.0 Å². The highest BCUT2D eigenvalue weighted by molar-refractivity contribution is 5.76. The number of aryl methyl sites for hydroxylation is 1. The first-order valence-corrected chi connectivity index (χ1v) is 7.37. The second-order valence-electron chi connectivity index (χ2n) is 5.13. The normalized spacial score (nSPS) is 10.4. The Hall–Kier alpha value is -2.70. The number of carbonyl (C=O) groups excluding carboxylic acids is 1. The Kier molecular flexibility index (Phi) is 5.46. The molecule has 0 radical (unpaired) electrons. The Morgan fingerprint density at radius 3 is 2.83 bits per heavy atom. The fraction of sp³-hybridized carbons (Fsp3) is 0.312. The largest absolute Gasteiger partial charge is 0.355 e. The lowest BCUT2D eigenvalue weighted by atomic mass is 10.3. The summed E-state index contributed by atoms with van der Waals surface area (Å²) in [6.45, 7) is 4.01. The maximum absolute atomic E-state index is 13.3. The van der Waals surface area contributed by atoms with Gasteiger partial charge in [-0.05, 0) is 31.5 Å². The van der Waals surface area contributed by atoms with Crippen molar-refractivity contribution in [1.29, 1.82) is 0 Å². The van der Waals surface area contributed by atoms with Crippen molar-refractivity contribution in [3.05, 3.63) is 52.2 Å². The zero-order valence-electron chi connectivity index (χ0n) is 13.1. The topological polar surface area (TPSA) is 76.0 Å². The van der Waals surface area contributed by atoms with E-state index in [1.807, 2.05) is 6.92 Å². The number of amides is 1. The van der Waals surface area contributed by atoms with Crippen molar-refractivity contribution in [2.75, 3.05) is 11.9 Å². The van der Waals surface area contributed by atoms with Crippen molar-refractivity contribution >= 4 is 17.5 Å². The van der Waals surface area contributed by atoms with Crippen LogP contribution in [-0.2, 0) is 11.3 Å². The number of hydrogen-bond acceptors (Lipinski definition) is 4. The van der Waals surface area contributed by atoms with Crippen molar-refractivity contribution in [2.24, 2.45) is 0 Å². The number of rotatable bonds is 6. The smallest absolute Gasteiger partial charge is 0.255 e. The Morgan fingerprint density at radius 2 is 2.13 bits per heavy atom. The van der Waals surface area contributed by atoms with Crippen molar-refractivity contribution in [3.8, 4) is 0 Å². The molecule has 7 heteroatoms.